The van der Waals surface area contributed by atoms with E-state index in [1.54, 1.807) is 0 Å². The Morgan fingerprint density at radius 3 is 2.46 bits per heavy atom. The fraction of sp³-hybridized carbons (Fsp3) is 0.833. The van der Waals surface area contributed by atoms with Gasteiger partial charge in [-0.3, -0.25) is 0 Å². The molecule has 76 valence electrons. The SMILES string of the molecule is C=C[C@@H]1[C@@H](O)[C@H](C(C)C)CC[C@H]1C. The van der Waals surface area contributed by atoms with Gasteiger partial charge in [0.2, 0.25) is 0 Å². The molecule has 0 amide bonds. The van der Waals surface area contributed by atoms with Gasteiger partial charge in [-0.15, -0.1) is 6.58 Å². The summed E-state index contributed by atoms with van der Waals surface area (Å²) >= 11 is 0. The molecule has 1 nitrogen and oxygen atoms in total. The van der Waals surface area contributed by atoms with Crippen LogP contribution in [0.3, 0.4) is 0 Å². The number of hydrogen-bond donors (Lipinski definition) is 1. The monoisotopic (exact) mass is 182 g/mol. The molecule has 0 saturated heterocycles. The summed E-state index contributed by atoms with van der Waals surface area (Å²) < 4.78 is 0. The Kier molecular flexibility index (Phi) is 3.55. The third kappa shape index (κ3) is 2.14. The van der Waals surface area contributed by atoms with Crippen LogP contribution in [0, 0.1) is 23.7 Å². The van der Waals surface area contributed by atoms with E-state index in [1.165, 1.54) is 12.8 Å². The third-order valence-electron chi connectivity index (χ3n) is 3.57. The van der Waals surface area contributed by atoms with E-state index in [9.17, 15) is 5.11 Å². The summed E-state index contributed by atoms with van der Waals surface area (Å²) in [6, 6.07) is 0. The lowest BCUT2D eigenvalue weighted by Gasteiger charge is -2.39. The van der Waals surface area contributed by atoms with E-state index in [4.69, 9.17) is 0 Å². The van der Waals surface area contributed by atoms with Crippen molar-refractivity contribution in [2.75, 3.05) is 0 Å². The first-order valence-corrected chi connectivity index (χ1v) is 5.38. The first kappa shape index (κ1) is 10.8. The number of hydrogen-bond acceptors (Lipinski definition) is 1. The molecule has 0 aromatic heterocycles. The van der Waals surface area contributed by atoms with Crippen LogP contribution >= 0.6 is 0 Å². The summed E-state index contributed by atoms with van der Waals surface area (Å²) in [6.45, 7) is 10.4. The topological polar surface area (TPSA) is 20.2 Å². The second-order valence-corrected chi connectivity index (χ2v) is 4.77. The predicted octanol–water partition coefficient (Wildman–Crippen LogP) is 2.85. The van der Waals surface area contributed by atoms with Crippen molar-refractivity contribution in [1.29, 1.82) is 0 Å². The van der Waals surface area contributed by atoms with Gasteiger partial charge in [0, 0.05) is 5.92 Å². The zero-order valence-electron chi connectivity index (χ0n) is 9.03. The van der Waals surface area contributed by atoms with Crippen molar-refractivity contribution in [3.05, 3.63) is 12.7 Å². The van der Waals surface area contributed by atoms with Crippen LogP contribution < -0.4 is 0 Å². The minimum atomic E-state index is -0.166. The normalized spacial score (nSPS) is 40.7. The summed E-state index contributed by atoms with van der Waals surface area (Å²) in [7, 11) is 0. The highest BCUT2D eigenvalue weighted by Crippen LogP contribution is 2.37. The second kappa shape index (κ2) is 4.28. The van der Waals surface area contributed by atoms with Gasteiger partial charge < -0.3 is 5.11 Å². The molecule has 1 N–H and O–H groups in total. The predicted molar refractivity (Wildman–Crippen MR) is 56.4 cm³/mol. The molecule has 1 aliphatic rings. The van der Waals surface area contributed by atoms with E-state index >= 15 is 0 Å². The maximum absolute atomic E-state index is 10.1. The summed E-state index contributed by atoms with van der Waals surface area (Å²) in [5.41, 5.74) is 0. The maximum Gasteiger partial charge on any atom is 0.0635 e. The Morgan fingerprint density at radius 1 is 1.38 bits per heavy atom. The third-order valence-corrected chi connectivity index (χ3v) is 3.57. The number of rotatable bonds is 2. The minimum absolute atomic E-state index is 0.166. The van der Waals surface area contributed by atoms with Crippen molar-refractivity contribution in [3.63, 3.8) is 0 Å². The molecule has 13 heavy (non-hydrogen) atoms. The van der Waals surface area contributed by atoms with Crippen molar-refractivity contribution >= 4 is 0 Å². The van der Waals surface area contributed by atoms with Gasteiger partial charge in [0.25, 0.3) is 0 Å². The lowest BCUT2D eigenvalue weighted by atomic mass is 9.69. The molecule has 0 heterocycles. The zero-order chi connectivity index (χ0) is 10.0. The first-order chi connectivity index (χ1) is 6.07. The quantitative estimate of drug-likeness (QED) is 0.651. The fourth-order valence-corrected chi connectivity index (χ4v) is 2.54. The highest BCUT2D eigenvalue weighted by atomic mass is 16.3. The zero-order valence-corrected chi connectivity index (χ0v) is 9.03. The smallest absolute Gasteiger partial charge is 0.0635 e. The first-order valence-electron chi connectivity index (χ1n) is 5.38. The summed E-state index contributed by atoms with van der Waals surface area (Å²) in [5, 5.41) is 10.1. The largest absolute Gasteiger partial charge is 0.392 e. The molecule has 0 radical (unpaired) electrons. The van der Waals surface area contributed by atoms with Gasteiger partial charge in [0.15, 0.2) is 0 Å². The van der Waals surface area contributed by atoms with Crippen LogP contribution in [0.5, 0.6) is 0 Å². The van der Waals surface area contributed by atoms with Crippen LogP contribution in [-0.4, -0.2) is 11.2 Å². The summed E-state index contributed by atoms with van der Waals surface area (Å²) in [4.78, 5) is 0. The van der Waals surface area contributed by atoms with Crippen LogP contribution in [0.25, 0.3) is 0 Å². The molecule has 0 unspecified atom stereocenters. The van der Waals surface area contributed by atoms with E-state index in [0.29, 0.717) is 23.7 Å². The number of aliphatic hydroxyl groups is 1. The van der Waals surface area contributed by atoms with Crippen LogP contribution in [0.2, 0.25) is 0 Å². The molecule has 4 atom stereocenters. The van der Waals surface area contributed by atoms with Crippen LogP contribution in [0.1, 0.15) is 33.6 Å². The molecule has 1 rings (SSSR count). The minimum Gasteiger partial charge on any atom is -0.392 e. The second-order valence-electron chi connectivity index (χ2n) is 4.77. The van der Waals surface area contributed by atoms with E-state index in [-0.39, 0.29) is 6.10 Å². The molecule has 0 bridgehead atoms. The molecule has 1 heteroatoms. The van der Waals surface area contributed by atoms with Crippen LogP contribution in [-0.2, 0) is 0 Å². The number of aliphatic hydroxyl groups excluding tert-OH is 1. The van der Waals surface area contributed by atoms with Gasteiger partial charge in [-0.25, -0.2) is 0 Å². The van der Waals surface area contributed by atoms with Gasteiger partial charge >= 0.3 is 0 Å². The average Bonchev–Trinajstić information content (AvgIpc) is 2.04. The molecule has 0 aliphatic heterocycles. The Labute approximate surface area is 81.9 Å². The van der Waals surface area contributed by atoms with Crippen molar-refractivity contribution in [2.24, 2.45) is 23.7 Å². The summed E-state index contributed by atoms with van der Waals surface area (Å²) in [6.07, 6.45) is 4.17. The van der Waals surface area contributed by atoms with Crippen LogP contribution in [0.4, 0.5) is 0 Å². The van der Waals surface area contributed by atoms with Crippen molar-refractivity contribution < 1.29 is 5.11 Å². The maximum atomic E-state index is 10.1. The van der Waals surface area contributed by atoms with E-state index < -0.39 is 0 Å². The molecule has 0 aromatic carbocycles. The highest BCUT2D eigenvalue weighted by molar-refractivity contribution is 4.95. The van der Waals surface area contributed by atoms with Gasteiger partial charge in [-0.05, 0) is 30.6 Å². The van der Waals surface area contributed by atoms with Gasteiger partial charge in [-0.1, -0.05) is 26.8 Å². The van der Waals surface area contributed by atoms with E-state index in [2.05, 4.69) is 27.4 Å². The van der Waals surface area contributed by atoms with Crippen molar-refractivity contribution in [3.8, 4) is 0 Å². The van der Waals surface area contributed by atoms with Gasteiger partial charge in [0.05, 0.1) is 6.10 Å². The Balaban J connectivity index is 2.68. The Hall–Kier alpha value is -0.300. The molecule has 0 aromatic rings. The Bertz CT molecular complexity index is 174. The molecule has 1 aliphatic carbocycles. The fourth-order valence-electron chi connectivity index (χ4n) is 2.54. The average molecular weight is 182 g/mol. The Morgan fingerprint density at radius 2 is 2.00 bits per heavy atom. The molecule has 1 saturated carbocycles. The molecule has 0 spiro atoms. The summed E-state index contributed by atoms with van der Waals surface area (Å²) in [5.74, 6) is 1.97. The van der Waals surface area contributed by atoms with E-state index in [0.717, 1.165) is 0 Å². The highest BCUT2D eigenvalue weighted by Gasteiger charge is 2.35. The van der Waals surface area contributed by atoms with Crippen molar-refractivity contribution in [1.82, 2.24) is 0 Å². The van der Waals surface area contributed by atoms with Gasteiger partial charge in [0.1, 0.15) is 0 Å². The lowest BCUT2D eigenvalue weighted by molar-refractivity contribution is -0.00768. The molecular formula is C12H22O. The lowest BCUT2D eigenvalue weighted by Crippen LogP contribution is -2.39. The van der Waals surface area contributed by atoms with Gasteiger partial charge in [-0.2, -0.15) is 0 Å². The van der Waals surface area contributed by atoms with E-state index in [1.807, 2.05) is 6.08 Å². The van der Waals surface area contributed by atoms with Crippen molar-refractivity contribution in [2.45, 2.75) is 39.7 Å². The molecular weight excluding hydrogens is 160 g/mol. The standard InChI is InChI=1S/C12H22O/c1-5-10-9(4)6-7-11(8(2)3)12(10)13/h5,8-13H,1,6-7H2,2-4H3/t9-,10+,11+,12-/m1/s1. The van der Waals surface area contributed by atoms with Crippen LogP contribution in [0.15, 0.2) is 12.7 Å². The molecule has 1 fully saturated rings.